The Morgan fingerprint density at radius 3 is 2.42 bits per heavy atom. The molecule has 1 unspecified atom stereocenters. The molecule has 0 fully saturated rings. The van der Waals surface area contributed by atoms with E-state index in [2.05, 4.69) is 5.43 Å². The van der Waals surface area contributed by atoms with Crippen LogP contribution in [-0.2, 0) is 10.9 Å². The van der Waals surface area contributed by atoms with E-state index >= 15 is 0 Å². The Hall–Kier alpha value is -1.31. The summed E-state index contributed by atoms with van der Waals surface area (Å²) in [6.45, 7) is 3.78. The van der Waals surface area contributed by atoms with Crippen LogP contribution in [0.4, 0.5) is 18.9 Å². The predicted octanol–water partition coefficient (Wildman–Crippen LogP) is 2.22. The predicted molar refractivity (Wildman–Crippen MR) is 67.0 cm³/mol. The highest BCUT2D eigenvalue weighted by Crippen LogP contribution is 2.33. The van der Waals surface area contributed by atoms with Gasteiger partial charge in [-0.05, 0) is 37.6 Å². The normalized spacial score (nSPS) is 13.8. The molecular formula is C12H18F3N3O. The van der Waals surface area contributed by atoms with Crippen LogP contribution in [0.2, 0.25) is 0 Å². The molecule has 0 saturated carbocycles. The van der Waals surface area contributed by atoms with Gasteiger partial charge >= 0.3 is 6.18 Å². The highest BCUT2D eigenvalue weighted by molar-refractivity contribution is 5.51. The summed E-state index contributed by atoms with van der Waals surface area (Å²) in [5.74, 6) is 5.35. The van der Waals surface area contributed by atoms with E-state index in [0.29, 0.717) is 0 Å². The Morgan fingerprint density at radius 1 is 1.32 bits per heavy atom. The van der Waals surface area contributed by atoms with Crippen LogP contribution in [0.15, 0.2) is 18.2 Å². The molecule has 0 radical (unpaired) electrons. The highest BCUT2D eigenvalue weighted by Gasteiger charge is 2.31. The lowest BCUT2D eigenvalue weighted by Gasteiger charge is -2.21. The molecule has 0 saturated heterocycles. The van der Waals surface area contributed by atoms with Gasteiger partial charge in [0.05, 0.1) is 24.3 Å². The third-order valence-corrected chi connectivity index (χ3v) is 2.59. The topological polar surface area (TPSA) is 73.3 Å². The maximum Gasteiger partial charge on any atom is 0.416 e. The molecule has 0 aliphatic carbocycles. The fraction of sp³-hybridized carbons (Fsp3) is 0.500. The largest absolute Gasteiger partial charge is 0.416 e. The minimum Gasteiger partial charge on any atom is -0.398 e. The third kappa shape index (κ3) is 4.38. The number of hydrogen-bond acceptors (Lipinski definition) is 4. The van der Waals surface area contributed by atoms with Crippen molar-refractivity contribution < 1.29 is 17.9 Å². The number of benzene rings is 1. The quantitative estimate of drug-likeness (QED) is 0.438. The number of nitrogen functional groups attached to an aromatic ring is 1. The van der Waals surface area contributed by atoms with Crippen molar-refractivity contribution in [2.75, 3.05) is 12.3 Å². The first kappa shape index (κ1) is 15.7. The first-order chi connectivity index (χ1) is 8.75. The van der Waals surface area contributed by atoms with E-state index in [-0.39, 0.29) is 24.0 Å². The van der Waals surface area contributed by atoms with Gasteiger partial charge in [0, 0.05) is 5.69 Å². The van der Waals surface area contributed by atoms with Gasteiger partial charge in [0.1, 0.15) is 0 Å². The summed E-state index contributed by atoms with van der Waals surface area (Å²) >= 11 is 0. The standard InChI is InChI=1S/C12H18F3N3O/c1-7(2)19-6-11(18-17)9-5-8(12(13,14)15)3-4-10(9)16/h3-5,7,11,18H,6,16-17H2,1-2H3. The second kappa shape index (κ2) is 6.23. The van der Waals surface area contributed by atoms with E-state index < -0.39 is 17.8 Å². The van der Waals surface area contributed by atoms with Crippen molar-refractivity contribution >= 4 is 5.69 Å². The van der Waals surface area contributed by atoms with Crippen molar-refractivity contribution in [3.63, 3.8) is 0 Å². The molecule has 5 N–H and O–H groups in total. The zero-order chi connectivity index (χ0) is 14.6. The lowest BCUT2D eigenvalue weighted by Crippen LogP contribution is -2.33. The van der Waals surface area contributed by atoms with Crippen LogP contribution in [0.3, 0.4) is 0 Å². The van der Waals surface area contributed by atoms with Crippen LogP contribution in [0, 0.1) is 0 Å². The number of nitrogens with two attached hydrogens (primary N) is 2. The first-order valence-electron chi connectivity index (χ1n) is 5.80. The summed E-state index contributed by atoms with van der Waals surface area (Å²) in [4.78, 5) is 0. The number of anilines is 1. The Kier molecular flexibility index (Phi) is 5.16. The number of halogens is 3. The monoisotopic (exact) mass is 277 g/mol. The van der Waals surface area contributed by atoms with E-state index in [1.54, 1.807) is 0 Å². The number of nitrogens with one attached hydrogen (secondary N) is 1. The van der Waals surface area contributed by atoms with Crippen molar-refractivity contribution in [2.24, 2.45) is 5.84 Å². The van der Waals surface area contributed by atoms with Crippen LogP contribution < -0.4 is 17.0 Å². The molecule has 1 rings (SSSR count). The van der Waals surface area contributed by atoms with Crippen LogP contribution in [0.5, 0.6) is 0 Å². The van der Waals surface area contributed by atoms with Crippen molar-refractivity contribution in [3.8, 4) is 0 Å². The van der Waals surface area contributed by atoms with E-state index in [4.69, 9.17) is 16.3 Å². The Balaban J connectivity index is 3.02. The van der Waals surface area contributed by atoms with Crippen LogP contribution in [-0.4, -0.2) is 12.7 Å². The summed E-state index contributed by atoms with van der Waals surface area (Å²) in [5.41, 5.74) is 7.87. The van der Waals surface area contributed by atoms with E-state index in [1.807, 2.05) is 13.8 Å². The highest BCUT2D eigenvalue weighted by atomic mass is 19.4. The molecular weight excluding hydrogens is 259 g/mol. The van der Waals surface area contributed by atoms with Crippen molar-refractivity contribution in [3.05, 3.63) is 29.3 Å². The van der Waals surface area contributed by atoms with Gasteiger partial charge in [0.25, 0.3) is 0 Å². The number of ether oxygens (including phenoxy) is 1. The SMILES string of the molecule is CC(C)OCC(NN)c1cc(C(F)(F)F)ccc1N. The molecule has 0 bridgehead atoms. The molecule has 1 aromatic carbocycles. The van der Waals surface area contributed by atoms with Gasteiger partial charge in [-0.25, -0.2) is 0 Å². The van der Waals surface area contributed by atoms with Gasteiger partial charge in [0.15, 0.2) is 0 Å². The van der Waals surface area contributed by atoms with Gasteiger partial charge < -0.3 is 10.5 Å². The first-order valence-corrected chi connectivity index (χ1v) is 5.80. The van der Waals surface area contributed by atoms with Gasteiger partial charge in [-0.15, -0.1) is 0 Å². The lowest BCUT2D eigenvalue weighted by molar-refractivity contribution is -0.137. The third-order valence-electron chi connectivity index (χ3n) is 2.59. The van der Waals surface area contributed by atoms with Gasteiger partial charge in [-0.3, -0.25) is 11.3 Å². The second-order valence-corrected chi connectivity index (χ2v) is 4.44. The van der Waals surface area contributed by atoms with Crippen LogP contribution >= 0.6 is 0 Å². The summed E-state index contributed by atoms with van der Waals surface area (Å²) in [5, 5.41) is 0. The zero-order valence-corrected chi connectivity index (χ0v) is 10.8. The van der Waals surface area contributed by atoms with E-state index in [1.165, 1.54) is 6.07 Å². The molecule has 19 heavy (non-hydrogen) atoms. The number of alkyl halides is 3. The zero-order valence-electron chi connectivity index (χ0n) is 10.8. The number of hydrazine groups is 1. The Bertz CT molecular complexity index is 421. The lowest BCUT2D eigenvalue weighted by atomic mass is 10.0. The fourth-order valence-corrected chi connectivity index (χ4v) is 1.57. The van der Waals surface area contributed by atoms with Crippen molar-refractivity contribution in [2.45, 2.75) is 32.2 Å². The molecule has 108 valence electrons. The maximum absolute atomic E-state index is 12.7. The van der Waals surface area contributed by atoms with Gasteiger partial charge in [0.2, 0.25) is 0 Å². The molecule has 1 aromatic rings. The van der Waals surface area contributed by atoms with E-state index in [0.717, 1.165) is 12.1 Å². The maximum atomic E-state index is 12.7. The number of rotatable bonds is 5. The van der Waals surface area contributed by atoms with Crippen molar-refractivity contribution in [1.82, 2.24) is 5.43 Å². The van der Waals surface area contributed by atoms with E-state index in [9.17, 15) is 13.2 Å². The summed E-state index contributed by atoms with van der Waals surface area (Å²) in [7, 11) is 0. The Labute approximate surface area is 109 Å². The fourth-order valence-electron chi connectivity index (χ4n) is 1.57. The van der Waals surface area contributed by atoms with Crippen LogP contribution in [0.1, 0.15) is 31.0 Å². The van der Waals surface area contributed by atoms with Gasteiger partial charge in [-0.2, -0.15) is 13.2 Å². The van der Waals surface area contributed by atoms with Gasteiger partial charge in [-0.1, -0.05) is 0 Å². The molecule has 0 aliphatic rings. The Morgan fingerprint density at radius 2 is 1.95 bits per heavy atom. The summed E-state index contributed by atoms with van der Waals surface area (Å²) in [6, 6.07) is 2.56. The minimum atomic E-state index is -4.42. The summed E-state index contributed by atoms with van der Waals surface area (Å²) in [6.07, 6.45) is -4.47. The molecule has 0 heterocycles. The molecule has 1 atom stereocenters. The molecule has 0 spiro atoms. The molecule has 0 aromatic heterocycles. The summed E-state index contributed by atoms with van der Waals surface area (Å²) < 4.78 is 43.3. The number of hydrogen-bond donors (Lipinski definition) is 3. The molecule has 4 nitrogen and oxygen atoms in total. The van der Waals surface area contributed by atoms with Crippen molar-refractivity contribution in [1.29, 1.82) is 0 Å². The molecule has 0 aliphatic heterocycles. The average Bonchev–Trinajstić information content (AvgIpc) is 2.30. The van der Waals surface area contributed by atoms with Crippen LogP contribution in [0.25, 0.3) is 0 Å². The second-order valence-electron chi connectivity index (χ2n) is 4.44. The molecule has 0 amide bonds. The smallest absolute Gasteiger partial charge is 0.398 e. The molecule has 7 heteroatoms. The minimum absolute atomic E-state index is 0.0529. The average molecular weight is 277 g/mol.